The Kier molecular flexibility index (Phi) is 2.15. The zero-order valence-corrected chi connectivity index (χ0v) is 6.03. The number of hydrogen-bond donors (Lipinski definition) is 0. The minimum absolute atomic E-state index is 0.0775. The van der Waals surface area contributed by atoms with E-state index in [1.54, 1.807) is 6.08 Å². The molecule has 0 aliphatic carbocycles. The summed E-state index contributed by atoms with van der Waals surface area (Å²) in [6.45, 7) is 1.26. The van der Waals surface area contributed by atoms with Crippen molar-refractivity contribution in [3.05, 3.63) is 12.2 Å². The molecule has 0 aromatic carbocycles. The number of esters is 1. The molecule has 0 aromatic heterocycles. The first kappa shape index (κ1) is 7.65. The molecular weight excluding hydrogens is 146 g/mol. The van der Waals surface area contributed by atoms with Gasteiger partial charge in [0.15, 0.2) is 0 Å². The maximum atomic E-state index is 10.6. The molecule has 0 spiro atoms. The lowest BCUT2D eigenvalue weighted by molar-refractivity contribution is -0.132. The Labute approximate surface area is 63.6 Å². The number of hydrogen-bond acceptors (Lipinski definition) is 3. The molecule has 0 saturated heterocycles. The largest absolute Gasteiger partial charge is 0.408 e. The highest BCUT2D eigenvalue weighted by Crippen LogP contribution is 1.99. The molecule has 1 amide bonds. The second kappa shape index (κ2) is 3.09. The lowest BCUT2D eigenvalue weighted by Gasteiger charge is -2.02. The van der Waals surface area contributed by atoms with Crippen LogP contribution < -0.4 is 0 Å². The molecule has 0 bridgehead atoms. The predicted molar refractivity (Wildman–Crippen MR) is 38.0 cm³/mol. The summed E-state index contributed by atoms with van der Waals surface area (Å²) in [5, 5.41) is 0. The molecule has 1 aliphatic rings. The van der Waals surface area contributed by atoms with E-state index in [9.17, 15) is 9.59 Å². The minimum atomic E-state index is -0.469. The molecule has 0 saturated carbocycles. The SMILES string of the molecule is CC(=O)OC1=NC(=O)CC=C1. The molecule has 0 aromatic rings. The molecule has 1 aliphatic heterocycles. The summed E-state index contributed by atoms with van der Waals surface area (Å²) in [5.41, 5.74) is 0. The van der Waals surface area contributed by atoms with Gasteiger partial charge in [0.1, 0.15) is 0 Å². The molecule has 0 N–H and O–H groups in total. The number of amides is 1. The first-order chi connectivity index (χ1) is 5.18. The van der Waals surface area contributed by atoms with Crippen molar-refractivity contribution in [2.24, 2.45) is 4.99 Å². The van der Waals surface area contributed by atoms with Crippen LogP contribution in [0.5, 0.6) is 0 Å². The van der Waals surface area contributed by atoms with Gasteiger partial charge in [-0.3, -0.25) is 9.59 Å². The molecule has 0 fully saturated rings. The van der Waals surface area contributed by atoms with Crippen LogP contribution in [0.2, 0.25) is 0 Å². The average molecular weight is 153 g/mol. The van der Waals surface area contributed by atoms with Gasteiger partial charge in [-0.25, -0.2) is 0 Å². The number of ether oxygens (including phenoxy) is 1. The number of aliphatic imine (C=N–C) groups is 1. The molecule has 58 valence electrons. The topological polar surface area (TPSA) is 55.7 Å². The highest BCUT2D eigenvalue weighted by molar-refractivity contribution is 6.04. The van der Waals surface area contributed by atoms with Gasteiger partial charge in [0.25, 0.3) is 5.91 Å². The smallest absolute Gasteiger partial charge is 0.309 e. The summed E-state index contributed by atoms with van der Waals surface area (Å²) in [5.74, 6) is -0.680. The van der Waals surface area contributed by atoms with Gasteiger partial charge in [-0.05, 0) is 6.08 Å². The molecule has 0 radical (unpaired) electrons. The molecule has 0 unspecified atom stereocenters. The van der Waals surface area contributed by atoms with Gasteiger partial charge in [-0.15, -0.1) is 0 Å². The second-order valence-electron chi connectivity index (χ2n) is 2.04. The monoisotopic (exact) mass is 153 g/mol. The van der Waals surface area contributed by atoms with E-state index in [-0.39, 0.29) is 18.2 Å². The van der Waals surface area contributed by atoms with Crippen molar-refractivity contribution >= 4 is 17.8 Å². The fourth-order valence-corrected chi connectivity index (χ4v) is 0.670. The highest BCUT2D eigenvalue weighted by atomic mass is 16.5. The van der Waals surface area contributed by atoms with E-state index in [1.165, 1.54) is 13.0 Å². The Morgan fingerprint density at radius 1 is 1.73 bits per heavy atom. The van der Waals surface area contributed by atoms with Crippen LogP contribution in [0.3, 0.4) is 0 Å². The molecule has 11 heavy (non-hydrogen) atoms. The number of dihydropyridines is 1. The maximum absolute atomic E-state index is 10.6. The Bertz CT molecular complexity index is 252. The standard InChI is InChI=1S/C7H7NO3/c1-5(9)11-7-4-2-3-6(10)8-7/h2,4H,3H2,1H3. The second-order valence-corrected chi connectivity index (χ2v) is 2.04. The van der Waals surface area contributed by atoms with Crippen molar-refractivity contribution in [3.8, 4) is 0 Å². The summed E-state index contributed by atoms with van der Waals surface area (Å²) in [6, 6.07) is 0. The number of carbonyl (C=O) groups excluding carboxylic acids is 2. The van der Waals surface area contributed by atoms with Gasteiger partial charge >= 0.3 is 5.97 Å². The van der Waals surface area contributed by atoms with Crippen LogP contribution in [0.25, 0.3) is 0 Å². The van der Waals surface area contributed by atoms with Crippen molar-refractivity contribution in [2.75, 3.05) is 0 Å². The molecule has 1 rings (SSSR count). The average Bonchev–Trinajstić information content (AvgIpc) is 1.85. The van der Waals surface area contributed by atoms with Gasteiger partial charge in [-0.1, -0.05) is 6.08 Å². The van der Waals surface area contributed by atoms with Crippen LogP contribution in [-0.2, 0) is 14.3 Å². The van der Waals surface area contributed by atoms with E-state index >= 15 is 0 Å². The van der Waals surface area contributed by atoms with E-state index < -0.39 is 5.97 Å². The van der Waals surface area contributed by atoms with E-state index in [2.05, 4.69) is 9.73 Å². The van der Waals surface area contributed by atoms with Gasteiger partial charge in [0.05, 0.1) is 0 Å². The van der Waals surface area contributed by atoms with Crippen molar-refractivity contribution in [1.82, 2.24) is 0 Å². The molecule has 1 heterocycles. The zero-order chi connectivity index (χ0) is 8.27. The Morgan fingerprint density at radius 2 is 2.45 bits per heavy atom. The normalized spacial score (nSPS) is 16.1. The first-order valence-corrected chi connectivity index (χ1v) is 3.15. The molecule has 4 nitrogen and oxygen atoms in total. The van der Waals surface area contributed by atoms with Gasteiger partial charge < -0.3 is 4.74 Å². The molecular formula is C7H7NO3. The summed E-state index contributed by atoms with van der Waals surface area (Å²) < 4.78 is 4.56. The number of rotatable bonds is 0. The van der Waals surface area contributed by atoms with Crippen LogP contribution in [0, 0.1) is 0 Å². The van der Waals surface area contributed by atoms with Crippen LogP contribution >= 0.6 is 0 Å². The van der Waals surface area contributed by atoms with E-state index in [4.69, 9.17) is 0 Å². The third kappa shape index (κ3) is 2.33. The Hall–Kier alpha value is -1.45. The van der Waals surface area contributed by atoms with E-state index in [0.717, 1.165) is 0 Å². The zero-order valence-electron chi connectivity index (χ0n) is 6.03. The first-order valence-electron chi connectivity index (χ1n) is 3.15. The molecule has 4 heteroatoms. The third-order valence-corrected chi connectivity index (χ3v) is 1.04. The lowest BCUT2D eigenvalue weighted by Crippen LogP contribution is -2.11. The van der Waals surface area contributed by atoms with E-state index in [0.29, 0.717) is 0 Å². The lowest BCUT2D eigenvalue weighted by atomic mass is 10.3. The quantitative estimate of drug-likeness (QED) is 0.474. The van der Waals surface area contributed by atoms with Crippen LogP contribution in [-0.4, -0.2) is 17.8 Å². The van der Waals surface area contributed by atoms with Crippen molar-refractivity contribution in [2.45, 2.75) is 13.3 Å². The van der Waals surface area contributed by atoms with Gasteiger partial charge in [-0.2, -0.15) is 4.99 Å². The summed E-state index contributed by atoms with van der Waals surface area (Å²) in [4.78, 5) is 24.5. The molecule has 0 atom stereocenters. The van der Waals surface area contributed by atoms with Crippen molar-refractivity contribution in [3.63, 3.8) is 0 Å². The van der Waals surface area contributed by atoms with Crippen LogP contribution in [0.15, 0.2) is 17.1 Å². The minimum Gasteiger partial charge on any atom is -0.408 e. The number of nitrogens with zero attached hydrogens (tertiary/aromatic N) is 1. The predicted octanol–water partition coefficient (Wildman–Crippen LogP) is 0.434. The third-order valence-electron chi connectivity index (χ3n) is 1.04. The van der Waals surface area contributed by atoms with E-state index in [1.807, 2.05) is 0 Å². The van der Waals surface area contributed by atoms with Gasteiger partial charge in [0, 0.05) is 13.3 Å². The van der Waals surface area contributed by atoms with Crippen molar-refractivity contribution < 1.29 is 14.3 Å². The highest BCUT2D eigenvalue weighted by Gasteiger charge is 2.07. The summed E-state index contributed by atoms with van der Waals surface area (Å²) in [7, 11) is 0. The fourth-order valence-electron chi connectivity index (χ4n) is 0.670. The van der Waals surface area contributed by atoms with Crippen LogP contribution in [0.1, 0.15) is 13.3 Å². The Balaban J connectivity index is 2.64. The number of carbonyl (C=O) groups is 2. The summed E-state index contributed by atoms with van der Waals surface area (Å²) in [6.07, 6.45) is 3.39. The van der Waals surface area contributed by atoms with Crippen LogP contribution in [0.4, 0.5) is 0 Å². The van der Waals surface area contributed by atoms with Crippen molar-refractivity contribution in [1.29, 1.82) is 0 Å². The Morgan fingerprint density at radius 3 is 3.00 bits per heavy atom. The maximum Gasteiger partial charge on any atom is 0.309 e. The van der Waals surface area contributed by atoms with Gasteiger partial charge in [0.2, 0.25) is 5.90 Å². The summed E-state index contributed by atoms with van der Waals surface area (Å²) >= 11 is 0. The fraction of sp³-hybridized carbons (Fsp3) is 0.286.